The Labute approximate surface area is 168 Å². The molecule has 2 N–H and O–H groups in total. The van der Waals surface area contributed by atoms with Crippen molar-refractivity contribution in [2.75, 3.05) is 0 Å². The van der Waals surface area contributed by atoms with Gasteiger partial charge in [0.05, 0.1) is 5.60 Å². The Balaban J connectivity index is 2.78. The minimum atomic E-state index is -0.543. The molecule has 0 bridgehead atoms. The highest BCUT2D eigenvalue weighted by Gasteiger charge is 2.26. The van der Waals surface area contributed by atoms with Gasteiger partial charge in [-0.1, -0.05) is 79.9 Å². The summed E-state index contributed by atoms with van der Waals surface area (Å²) in [6.07, 6.45) is 6.58. The molecule has 0 aliphatic carbocycles. The molecule has 0 fully saturated rings. The maximum absolute atomic E-state index is 10.8. The van der Waals surface area contributed by atoms with Gasteiger partial charge >= 0.3 is 0 Å². The van der Waals surface area contributed by atoms with E-state index < -0.39 is 5.60 Å². The van der Waals surface area contributed by atoms with Crippen LogP contribution in [0.15, 0.2) is 12.1 Å². The first-order valence-corrected chi connectivity index (χ1v) is 10.7. The largest absolute Gasteiger partial charge is 0.507 e. The third-order valence-electron chi connectivity index (χ3n) is 5.43. The van der Waals surface area contributed by atoms with Gasteiger partial charge in [-0.3, -0.25) is 0 Å². The molecule has 0 radical (unpaired) electrons. The summed E-state index contributed by atoms with van der Waals surface area (Å²) >= 11 is 0. The summed E-state index contributed by atoms with van der Waals surface area (Å²) in [4.78, 5) is 0. The molecule has 0 heterocycles. The molecular formula is C25H44O2. The van der Waals surface area contributed by atoms with Crippen LogP contribution in [0.3, 0.4) is 0 Å². The molecule has 156 valence electrons. The van der Waals surface area contributed by atoms with Crippen LogP contribution in [-0.2, 0) is 17.3 Å². The van der Waals surface area contributed by atoms with Crippen molar-refractivity contribution in [1.82, 2.24) is 0 Å². The lowest BCUT2D eigenvalue weighted by molar-refractivity contribution is 0.0669. The summed E-state index contributed by atoms with van der Waals surface area (Å²) in [6.45, 7) is 19.1. The Kier molecular flexibility index (Phi) is 7.99. The van der Waals surface area contributed by atoms with Gasteiger partial charge < -0.3 is 10.2 Å². The van der Waals surface area contributed by atoms with E-state index in [1.54, 1.807) is 0 Å². The molecule has 1 aromatic rings. The van der Waals surface area contributed by atoms with Crippen molar-refractivity contribution in [3.63, 3.8) is 0 Å². The summed E-state index contributed by atoms with van der Waals surface area (Å²) in [5, 5.41) is 20.7. The zero-order valence-electron chi connectivity index (χ0n) is 19.4. The fourth-order valence-corrected chi connectivity index (χ4v) is 3.66. The highest BCUT2D eigenvalue weighted by Crippen LogP contribution is 2.40. The molecule has 0 saturated heterocycles. The van der Waals surface area contributed by atoms with Gasteiger partial charge in [-0.2, -0.15) is 0 Å². The number of aryl methyl sites for hydroxylation is 1. The fraction of sp³-hybridized carbons (Fsp3) is 0.760. The van der Waals surface area contributed by atoms with Crippen LogP contribution < -0.4 is 0 Å². The molecule has 0 amide bonds. The summed E-state index contributed by atoms with van der Waals surface area (Å²) in [7, 11) is 0. The second kappa shape index (κ2) is 8.99. The predicted octanol–water partition coefficient (Wildman–Crippen LogP) is 6.89. The topological polar surface area (TPSA) is 40.5 Å². The van der Waals surface area contributed by atoms with Gasteiger partial charge in [-0.05, 0) is 66.5 Å². The van der Waals surface area contributed by atoms with Crippen LogP contribution in [0.4, 0.5) is 0 Å². The third-order valence-corrected chi connectivity index (χ3v) is 5.43. The Morgan fingerprint density at radius 3 is 1.67 bits per heavy atom. The van der Waals surface area contributed by atoms with E-state index in [4.69, 9.17) is 0 Å². The van der Waals surface area contributed by atoms with E-state index >= 15 is 0 Å². The number of rotatable bonds is 8. The highest BCUT2D eigenvalue weighted by molar-refractivity contribution is 5.49. The van der Waals surface area contributed by atoms with E-state index in [1.165, 1.54) is 24.8 Å². The Morgan fingerprint density at radius 1 is 0.815 bits per heavy atom. The highest BCUT2D eigenvalue weighted by atomic mass is 16.3. The number of benzene rings is 1. The van der Waals surface area contributed by atoms with E-state index in [0.29, 0.717) is 11.7 Å². The Bertz CT molecular complexity index is 559. The van der Waals surface area contributed by atoms with Crippen molar-refractivity contribution in [3.8, 4) is 5.75 Å². The van der Waals surface area contributed by atoms with Crippen LogP contribution in [0.5, 0.6) is 5.75 Å². The molecule has 1 rings (SSSR count). The average Bonchev–Trinajstić information content (AvgIpc) is 2.44. The number of aromatic hydroxyl groups is 1. The minimum absolute atomic E-state index is 0.0650. The molecule has 2 heteroatoms. The molecule has 0 aromatic heterocycles. The number of hydrogen-bond donors (Lipinski definition) is 2. The van der Waals surface area contributed by atoms with Gasteiger partial charge in [-0.25, -0.2) is 0 Å². The van der Waals surface area contributed by atoms with Crippen molar-refractivity contribution in [2.45, 2.75) is 117 Å². The van der Waals surface area contributed by atoms with Crippen LogP contribution in [0.25, 0.3) is 0 Å². The van der Waals surface area contributed by atoms with Gasteiger partial charge in [0, 0.05) is 0 Å². The Hall–Kier alpha value is -1.02. The summed E-state index contributed by atoms with van der Waals surface area (Å²) < 4.78 is 0. The van der Waals surface area contributed by atoms with E-state index in [0.717, 1.165) is 30.4 Å². The predicted molar refractivity (Wildman–Crippen MR) is 118 cm³/mol. The molecular weight excluding hydrogens is 332 g/mol. The lowest BCUT2D eigenvalue weighted by atomic mass is 9.78. The first kappa shape index (κ1) is 24.0. The van der Waals surface area contributed by atoms with E-state index in [-0.39, 0.29) is 10.8 Å². The van der Waals surface area contributed by atoms with Crippen molar-refractivity contribution in [3.05, 3.63) is 28.8 Å². The van der Waals surface area contributed by atoms with Crippen LogP contribution in [0.2, 0.25) is 0 Å². The summed E-state index contributed by atoms with van der Waals surface area (Å²) in [5.41, 5.74) is 2.78. The summed E-state index contributed by atoms with van der Waals surface area (Å²) in [6, 6.07) is 4.42. The van der Waals surface area contributed by atoms with E-state index in [1.807, 2.05) is 13.8 Å². The molecule has 0 aliphatic heterocycles. The van der Waals surface area contributed by atoms with Gasteiger partial charge in [0.1, 0.15) is 5.75 Å². The number of phenolic OH excluding ortho intramolecular Hbond substituents is 1. The van der Waals surface area contributed by atoms with Crippen LogP contribution >= 0.6 is 0 Å². The maximum atomic E-state index is 10.8. The number of hydrogen-bond acceptors (Lipinski definition) is 2. The lowest BCUT2D eigenvalue weighted by Gasteiger charge is -2.28. The third kappa shape index (κ3) is 8.25. The standard InChI is InChI=1S/C25H44O2/c1-18(13-11-15-25(8,9)27)12-10-14-19-16-20(23(2,3)4)22(26)21(17-19)24(5,6)7/h16-18,26-27H,10-15H2,1-9H3. The molecule has 1 atom stereocenters. The zero-order valence-corrected chi connectivity index (χ0v) is 19.4. The van der Waals surface area contributed by atoms with Gasteiger partial charge in [0.25, 0.3) is 0 Å². The van der Waals surface area contributed by atoms with Crippen molar-refractivity contribution in [2.24, 2.45) is 5.92 Å². The Morgan fingerprint density at radius 2 is 1.26 bits per heavy atom. The van der Waals surface area contributed by atoms with Gasteiger partial charge in [0.15, 0.2) is 0 Å². The van der Waals surface area contributed by atoms with Crippen molar-refractivity contribution >= 4 is 0 Å². The monoisotopic (exact) mass is 376 g/mol. The molecule has 1 unspecified atom stereocenters. The van der Waals surface area contributed by atoms with Crippen LogP contribution in [-0.4, -0.2) is 15.8 Å². The van der Waals surface area contributed by atoms with Crippen LogP contribution in [0, 0.1) is 5.92 Å². The second-order valence-electron chi connectivity index (χ2n) is 11.2. The van der Waals surface area contributed by atoms with Crippen molar-refractivity contribution < 1.29 is 10.2 Å². The zero-order chi connectivity index (χ0) is 21.0. The molecule has 0 saturated carbocycles. The molecule has 0 spiro atoms. The average molecular weight is 377 g/mol. The smallest absolute Gasteiger partial charge is 0.123 e. The van der Waals surface area contributed by atoms with E-state index in [2.05, 4.69) is 60.6 Å². The molecule has 2 nitrogen and oxygen atoms in total. The minimum Gasteiger partial charge on any atom is -0.507 e. The summed E-state index contributed by atoms with van der Waals surface area (Å²) in [5.74, 6) is 1.16. The second-order valence-corrected chi connectivity index (χ2v) is 11.2. The fourth-order valence-electron chi connectivity index (χ4n) is 3.66. The quantitative estimate of drug-likeness (QED) is 0.518. The number of phenols is 1. The SMILES string of the molecule is CC(CCCc1cc(C(C)(C)C)c(O)c(C(C)(C)C)c1)CCCC(C)(C)O. The van der Waals surface area contributed by atoms with Gasteiger partial charge in [-0.15, -0.1) is 0 Å². The van der Waals surface area contributed by atoms with Gasteiger partial charge in [0.2, 0.25) is 0 Å². The number of aliphatic hydroxyl groups is 1. The molecule has 0 aliphatic rings. The maximum Gasteiger partial charge on any atom is 0.123 e. The van der Waals surface area contributed by atoms with Crippen molar-refractivity contribution in [1.29, 1.82) is 0 Å². The molecule has 27 heavy (non-hydrogen) atoms. The molecule has 1 aromatic carbocycles. The first-order chi connectivity index (χ1) is 12.1. The first-order valence-electron chi connectivity index (χ1n) is 10.7. The van der Waals surface area contributed by atoms with Crippen LogP contribution in [0.1, 0.15) is 111 Å². The normalized spacial score (nSPS) is 14.4. The van der Waals surface area contributed by atoms with E-state index in [9.17, 15) is 10.2 Å². The lowest BCUT2D eigenvalue weighted by Crippen LogP contribution is -2.18.